The van der Waals surface area contributed by atoms with E-state index in [1.807, 2.05) is 24.3 Å². The standard InChI is InChI=1S/C64H49N5/c1-63(2)40-64(3,4)55-37-45(32-35-54(55)63)49-25-12-11-24-48(49)42-30-33-47(34-31-42)68-56-28-15-13-26-50(56)52-38-53-51-27-14-16-29-57(51)69(59(53)39-58(52)68)62-66-60(43-20-9-6-10-21-43)65-61(67-62)46-23-17-22-44(36-46)41-18-7-5-8-19-41/h5-39H,40H2,1-4H3. The average Bonchev–Trinajstić information content (AvgIpc) is 3.96. The van der Waals surface area contributed by atoms with Gasteiger partial charge in [-0.1, -0.05) is 198 Å². The number of hydrogen-bond donors (Lipinski definition) is 0. The van der Waals surface area contributed by atoms with Gasteiger partial charge in [-0.25, -0.2) is 4.98 Å². The monoisotopic (exact) mass is 887 g/mol. The minimum absolute atomic E-state index is 0.127. The Hall–Kier alpha value is -8.41. The van der Waals surface area contributed by atoms with Crippen LogP contribution in [0.1, 0.15) is 45.2 Å². The second-order valence-corrected chi connectivity index (χ2v) is 20.0. The van der Waals surface area contributed by atoms with Crippen LogP contribution in [0.25, 0.3) is 111 Å². The Bertz CT molecular complexity index is 3970. The van der Waals surface area contributed by atoms with Crippen molar-refractivity contribution in [1.29, 1.82) is 0 Å². The van der Waals surface area contributed by atoms with Crippen LogP contribution in [0.5, 0.6) is 0 Å². The Kier molecular flexibility index (Phi) is 9.22. The zero-order chi connectivity index (χ0) is 46.4. The first-order valence-corrected chi connectivity index (χ1v) is 24.0. The summed E-state index contributed by atoms with van der Waals surface area (Å²) >= 11 is 0. The van der Waals surface area contributed by atoms with E-state index >= 15 is 0 Å². The Morgan fingerprint density at radius 2 is 0.855 bits per heavy atom. The summed E-state index contributed by atoms with van der Waals surface area (Å²) in [4.78, 5) is 15.8. The number of nitrogens with zero attached hydrogens (tertiary/aromatic N) is 5. The summed E-state index contributed by atoms with van der Waals surface area (Å²) in [5.74, 6) is 1.80. The molecular formula is C64H49N5. The number of rotatable bonds is 7. The first-order chi connectivity index (χ1) is 33.7. The highest BCUT2D eigenvalue weighted by Crippen LogP contribution is 2.51. The third kappa shape index (κ3) is 6.71. The summed E-state index contributed by atoms with van der Waals surface area (Å²) in [6.45, 7) is 9.56. The van der Waals surface area contributed by atoms with Crippen molar-refractivity contribution in [1.82, 2.24) is 24.1 Å². The molecule has 0 saturated heterocycles. The van der Waals surface area contributed by atoms with Crippen molar-refractivity contribution in [2.24, 2.45) is 0 Å². The molecule has 0 amide bonds. The zero-order valence-electron chi connectivity index (χ0n) is 39.2. The van der Waals surface area contributed by atoms with E-state index in [-0.39, 0.29) is 10.8 Å². The Labute approximate surface area is 402 Å². The Morgan fingerprint density at radius 3 is 1.55 bits per heavy atom. The lowest BCUT2D eigenvalue weighted by molar-refractivity contribution is 0.403. The lowest BCUT2D eigenvalue weighted by atomic mass is 9.82. The molecule has 0 N–H and O–H groups in total. The molecule has 5 nitrogen and oxygen atoms in total. The summed E-state index contributed by atoms with van der Waals surface area (Å²) in [5.41, 5.74) is 17.7. The fraction of sp³-hybridized carbons (Fsp3) is 0.109. The van der Waals surface area contributed by atoms with Gasteiger partial charge in [0.2, 0.25) is 5.95 Å². The van der Waals surface area contributed by atoms with Crippen molar-refractivity contribution in [2.75, 3.05) is 0 Å². The molecule has 1 aliphatic carbocycles. The van der Waals surface area contributed by atoms with E-state index in [0.717, 1.165) is 67.2 Å². The maximum Gasteiger partial charge on any atom is 0.238 e. The van der Waals surface area contributed by atoms with Gasteiger partial charge in [0.05, 0.1) is 22.1 Å². The third-order valence-electron chi connectivity index (χ3n) is 14.6. The second-order valence-electron chi connectivity index (χ2n) is 20.0. The van der Waals surface area contributed by atoms with Gasteiger partial charge in [-0.2, -0.15) is 9.97 Å². The van der Waals surface area contributed by atoms with Gasteiger partial charge in [-0.15, -0.1) is 0 Å². The first-order valence-electron chi connectivity index (χ1n) is 24.0. The van der Waals surface area contributed by atoms with Crippen LogP contribution in [-0.2, 0) is 10.8 Å². The molecular weight excluding hydrogens is 839 g/mol. The normalized spacial score (nSPS) is 14.0. The van der Waals surface area contributed by atoms with E-state index < -0.39 is 0 Å². The molecule has 0 bridgehead atoms. The molecule has 5 heteroatoms. The number of aromatic nitrogens is 5. The summed E-state index contributed by atoms with van der Waals surface area (Å²) < 4.78 is 4.64. The number of hydrogen-bond acceptors (Lipinski definition) is 3. The van der Waals surface area contributed by atoms with Crippen molar-refractivity contribution in [3.8, 4) is 67.8 Å². The molecule has 0 atom stereocenters. The van der Waals surface area contributed by atoms with Crippen LogP contribution in [0.3, 0.4) is 0 Å². The van der Waals surface area contributed by atoms with E-state index in [1.54, 1.807) is 0 Å². The van der Waals surface area contributed by atoms with Crippen LogP contribution in [0.15, 0.2) is 212 Å². The highest BCUT2D eigenvalue weighted by Gasteiger charge is 2.41. The average molecular weight is 888 g/mol. The third-order valence-corrected chi connectivity index (χ3v) is 14.6. The predicted molar refractivity (Wildman–Crippen MR) is 286 cm³/mol. The second kappa shape index (κ2) is 15.6. The van der Waals surface area contributed by atoms with Gasteiger partial charge >= 0.3 is 0 Å². The molecule has 3 heterocycles. The molecule has 0 saturated carbocycles. The van der Waals surface area contributed by atoms with Gasteiger partial charge < -0.3 is 4.57 Å². The maximum atomic E-state index is 5.34. The molecule has 0 spiro atoms. The summed E-state index contributed by atoms with van der Waals surface area (Å²) in [6, 6.07) is 76.4. The molecule has 9 aromatic carbocycles. The van der Waals surface area contributed by atoms with Gasteiger partial charge in [-0.3, -0.25) is 4.57 Å². The molecule has 330 valence electrons. The van der Waals surface area contributed by atoms with Crippen molar-refractivity contribution in [3.63, 3.8) is 0 Å². The van der Waals surface area contributed by atoms with Crippen LogP contribution in [0.4, 0.5) is 0 Å². The Morgan fingerprint density at radius 1 is 0.333 bits per heavy atom. The first kappa shape index (κ1) is 40.8. The maximum absolute atomic E-state index is 5.34. The van der Waals surface area contributed by atoms with E-state index in [4.69, 9.17) is 15.0 Å². The topological polar surface area (TPSA) is 48.5 Å². The molecule has 0 unspecified atom stereocenters. The molecule has 3 aromatic heterocycles. The predicted octanol–water partition coefficient (Wildman–Crippen LogP) is 16.4. The van der Waals surface area contributed by atoms with Crippen LogP contribution in [0, 0.1) is 0 Å². The van der Waals surface area contributed by atoms with Crippen LogP contribution in [-0.4, -0.2) is 24.1 Å². The fourth-order valence-electron chi connectivity index (χ4n) is 11.6. The largest absolute Gasteiger partial charge is 0.309 e. The molecule has 0 radical (unpaired) electrons. The summed E-state index contributed by atoms with van der Waals surface area (Å²) in [5, 5.41) is 4.67. The number of benzene rings is 9. The quantitative estimate of drug-likeness (QED) is 0.160. The number of fused-ring (bicyclic) bond motifs is 7. The van der Waals surface area contributed by atoms with E-state index in [9.17, 15) is 0 Å². The molecule has 12 aromatic rings. The molecule has 1 aliphatic rings. The molecule has 0 fully saturated rings. The highest BCUT2D eigenvalue weighted by molar-refractivity contribution is 6.19. The summed E-state index contributed by atoms with van der Waals surface area (Å²) in [7, 11) is 0. The highest BCUT2D eigenvalue weighted by atomic mass is 15.2. The van der Waals surface area contributed by atoms with Gasteiger partial charge in [0.15, 0.2) is 11.6 Å². The minimum atomic E-state index is 0.127. The molecule has 0 aliphatic heterocycles. The smallest absolute Gasteiger partial charge is 0.238 e. The van der Waals surface area contributed by atoms with E-state index in [2.05, 4.69) is 225 Å². The van der Waals surface area contributed by atoms with Crippen molar-refractivity contribution in [3.05, 3.63) is 223 Å². The molecule has 69 heavy (non-hydrogen) atoms. The summed E-state index contributed by atoms with van der Waals surface area (Å²) in [6.07, 6.45) is 1.15. The minimum Gasteiger partial charge on any atom is -0.309 e. The van der Waals surface area contributed by atoms with E-state index in [0.29, 0.717) is 17.6 Å². The van der Waals surface area contributed by atoms with Gasteiger partial charge in [0, 0.05) is 38.4 Å². The van der Waals surface area contributed by atoms with E-state index in [1.165, 1.54) is 44.2 Å². The van der Waals surface area contributed by atoms with Crippen molar-refractivity contribution in [2.45, 2.75) is 44.9 Å². The van der Waals surface area contributed by atoms with Gasteiger partial charge in [0.25, 0.3) is 0 Å². The zero-order valence-corrected chi connectivity index (χ0v) is 39.2. The SMILES string of the molecule is CC1(C)CC(C)(C)c2cc(-c3ccccc3-c3ccc(-n4c5ccccc5c5cc6c7ccccc7n(-c7nc(-c8ccccc8)nc(-c8cccc(-c9ccccc9)c8)n7)c6cc54)cc3)ccc21. The van der Waals surface area contributed by atoms with Crippen LogP contribution in [0.2, 0.25) is 0 Å². The lowest BCUT2D eigenvalue weighted by Gasteiger charge is -2.22. The fourth-order valence-corrected chi connectivity index (χ4v) is 11.6. The van der Waals surface area contributed by atoms with Gasteiger partial charge in [0.1, 0.15) is 0 Å². The lowest BCUT2D eigenvalue weighted by Crippen LogP contribution is -2.17. The van der Waals surface area contributed by atoms with Crippen molar-refractivity contribution >= 4 is 43.6 Å². The number of para-hydroxylation sites is 2. The van der Waals surface area contributed by atoms with Crippen molar-refractivity contribution < 1.29 is 0 Å². The van der Waals surface area contributed by atoms with Crippen LogP contribution >= 0.6 is 0 Å². The van der Waals surface area contributed by atoms with Gasteiger partial charge in [-0.05, 0) is 104 Å². The Balaban J connectivity index is 0.981. The molecule has 13 rings (SSSR count). The van der Waals surface area contributed by atoms with Crippen LogP contribution < -0.4 is 0 Å².